The third-order valence-electron chi connectivity index (χ3n) is 3.22. The zero-order chi connectivity index (χ0) is 12.4. The molecule has 0 radical (unpaired) electrons. The zero-order valence-electron chi connectivity index (χ0n) is 9.86. The molecule has 1 unspecified atom stereocenters. The predicted octanol–water partition coefficient (Wildman–Crippen LogP) is 1.19. The largest absolute Gasteiger partial charge is 0.451 e. The maximum Gasteiger partial charge on any atom is 0.180 e. The monoisotopic (exact) mass is 243 g/mol. The van der Waals surface area contributed by atoms with E-state index in [1.165, 1.54) is 6.39 Å². The van der Waals surface area contributed by atoms with Gasteiger partial charge in [-0.3, -0.25) is 9.58 Å². The molecule has 3 heterocycles. The lowest BCUT2D eigenvalue weighted by Crippen LogP contribution is -2.21. The molecule has 6 heteroatoms. The second kappa shape index (κ2) is 4.63. The Labute approximate surface area is 104 Å². The number of nitrogens with zero attached hydrogens (tertiary/aromatic N) is 5. The number of hydrogen-bond acceptors (Lipinski definition) is 5. The summed E-state index contributed by atoms with van der Waals surface area (Å²) in [6, 6.07) is 2.45. The van der Waals surface area contributed by atoms with Gasteiger partial charge in [-0.05, 0) is 6.42 Å². The standard InChI is InChI=1S/C12H13N5O/c13-3-10-4-15-17(5-10)12-1-2-16(7-12)6-11-8-18-9-14-11/h4-5,8-9,12H,1-2,6-7H2. The first-order valence-corrected chi connectivity index (χ1v) is 5.89. The number of oxazole rings is 1. The fourth-order valence-electron chi connectivity index (χ4n) is 2.31. The van der Waals surface area contributed by atoms with Crippen molar-refractivity contribution in [2.45, 2.75) is 19.0 Å². The Morgan fingerprint density at radius 3 is 3.22 bits per heavy atom. The van der Waals surface area contributed by atoms with Crippen LogP contribution in [0.2, 0.25) is 0 Å². The van der Waals surface area contributed by atoms with Crippen LogP contribution < -0.4 is 0 Å². The van der Waals surface area contributed by atoms with Gasteiger partial charge in [-0.2, -0.15) is 10.4 Å². The molecule has 0 amide bonds. The van der Waals surface area contributed by atoms with E-state index in [0.717, 1.165) is 31.7 Å². The average molecular weight is 243 g/mol. The van der Waals surface area contributed by atoms with Crippen LogP contribution in [0, 0.1) is 11.3 Å². The number of aromatic nitrogens is 3. The molecule has 92 valence electrons. The SMILES string of the molecule is N#Cc1cnn(C2CCN(Cc3cocn3)C2)c1. The molecule has 6 nitrogen and oxygen atoms in total. The van der Waals surface area contributed by atoms with Crippen LogP contribution in [0.5, 0.6) is 0 Å². The Kier molecular flexibility index (Phi) is 2.82. The number of likely N-dealkylation sites (tertiary alicyclic amines) is 1. The summed E-state index contributed by atoms with van der Waals surface area (Å²) < 4.78 is 6.85. The van der Waals surface area contributed by atoms with E-state index < -0.39 is 0 Å². The van der Waals surface area contributed by atoms with Crippen molar-refractivity contribution in [3.8, 4) is 6.07 Å². The van der Waals surface area contributed by atoms with Gasteiger partial charge in [-0.25, -0.2) is 4.98 Å². The fraction of sp³-hybridized carbons (Fsp3) is 0.417. The zero-order valence-corrected chi connectivity index (χ0v) is 9.86. The van der Waals surface area contributed by atoms with Crippen molar-refractivity contribution < 1.29 is 4.42 Å². The molecule has 18 heavy (non-hydrogen) atoms. The van der Waals surface area contributed by atoms with E-state index in [0.29, 0.717) is 11.6 Å². The molecular weight excluding hydrogens is 230 g/mol. The van der Waals surface area contributed by atoms with E-state index in [-0.39, 0.29) is 0 Å². The van der Waals surface area contributed by atoms with Gasteiger partial charge in [0.2, 0.25) is 0 Å². The lowest BCUT2D eigenvalue weighted by atomic mass is 10.3. The van der Waals surface area contributed by atoms with Crippen LogP contribution in [-0.4, -0.2) is 32.8 Å². The van der Waals surface area contributed by atoms with Crippen molar-refractivity contribution in [3.63, 3.8) is 0 Å². The molecule has 1 aliphatic rings. The molecule has 0 N–H and O–H groups in total. The van der Waals surface area contributed by atoms with Crippen molar-refractivity contribution in [2.75, 3.05) is 13.1 Å². The van der Waals surface area contributed by atoms with Gasteiger partial charge in [-0.1, -0.05) is 0 Å². The molecule has 2 aromatic rings. The Morgan fingerprint density at radius 1 is 1.56 bits per heavy atom. The maximum atomic E-state index is 8.78. The van der Waals surface area contributed by atoms with Crippen molar-refractivity contribution in [2.24, 2.45) is 0 Å². The highest BCUT2D eigenvalue weighted by Crippen LogP contribution is 2.22. The topological polar surface area (TPSA) is 70.9 Å². The Hall–Kier alpha value is -2.13. The van der Waals surface area contributed by atoms with E-state index >= 15 is 0 Å². The summed E-state index contributed by atoms with van der Waals surface area (Å²) in [4.78, 5) is 6.44. The number of rotatable bonds is 3. The van der Waals surface area contributed by atoms with E-state index in [1.807, 2.05) is 10.9 Å². The van der Waals surface area contributed by atoms with Gasteiger partial charge >= 0.3 is 0 Å². The van der Waals surface area contributed by atoms with Crippen LogP contribution in [-0.2, 0) is 6.54 Å². The van der Waals surface area contributed by atoms with E-state index in [9.17, 15) is 0 Å². The molecule has 1 fully saturated rings. The van der Waals surface area contributed by atoms with Gasteiger partial charge in [0.1, 0.15) is 12.3 Å². The minimum Gasteiger partial charge on any atom is -0.451 e. The van der Waals surface area contributed by atoms with Gasteiger partial charge in [0.05, 0.1) is 23.5 Å². The van der Waals surface area contributed by atoms with Crippen LogP contribution in [0.3, 0.4) is 0 Å². The molecule has 2 aromatic heterocycles. The normalized spacial score (nSPS) is 20.1. The third-order valence-corrected chi connectivity index (χ3v) is 3.22. The van der Waals surface area contributed by atoms with Crippen molar-refractivity contribution >= 4 is 0 Å². The van der Waals surface area contributed by atoms with Crippen LogP contribution in [0.1, 0.15) is 23.7 Å². The number of hydrogen-bond donors (Lipinski definition) is 0. The Morgan fingerprint density at radius 2 is 2.50 bits per heavy atom. The first kappa shape index (κ1) is 11.0. The highest BCUT2D eigenvalue weighted by Gasteiger charge is 2.24. The lowest BCUT2D eigenvalue weighted by Gasteiger charge is -2.14. The summed E-state index contributed by atoms with van der Waals surface area (Å²) in [5.41, 5.74) is 1.57. The first-order chi connectivity index (χ1) is 8.85. The molecule has 1 atom stereocenters. The summed E-state index contributed by atoms with van der Waals surface area (Å²) in [5.74, 6) is 0. The Bertz CT molecular complexity index is 553. The van der Waals surface area contributed by atoms with Gasteiger partial charge < -0.3 is 4.42 Å². The minimum absolute atomic E-state index is 0.346. The summed E-state index contributed by atoms with van der Waals surface area (Å²) in [6.07, 6.45) is 7.60. The van der Waals surface area contributed by atoms with Crippen LogP contribution in [0.25, 0.3) is 0 Å². The van der Waals surface area contributed by atoms with Gasteiger partial charge in [0.25, 0.3) is 0 Å². The highest BCUT2D eigenvalue weighted by molar-refractivity contribution is 5.22. The molecule has 1 saturated heterocycles. The fourth-order valence-corrected chi connectivity index (χ4v) is 2.31. The van der Waals surface area contributed by atoms with Crippen LogP contribution in [0.15, 0.2) is 29.5 Å². The molecular formula is C12H13N5O. The maximum absolute atomic E-state index is 8.78. The quantitative estimate of drug-likeness (QED) is 0.809. The third kappa shape index (κ3) is 2.13. The second-order valence-corrected chi connectivity index (χ2v) is 4.48. The summed E-state index contributed by atoms with van der Waals surface area (Å²) in [7, 11) is 0. The molecule has 0 aromatic carbocycles. The summed E-state index contributed by atoms with van der Waals surface area (Å²) in [6.45, 7) is 2.75. The van der Waals surface area contributed by atoms with Crippen LogP contribution in [0.4, 0.5) is 0 Å². The van der Waals surface area contributed by atoms with Crippen molar-refractivity contribution in [1.29, 1.82) is 5.26 Å². The minimum atomic E-state index is 0.346. The molecule has 0 aliphatic carbocycles. The number of nitriles is 1. The van der Waals surface area contributed by atoms with Gasteiger partial charge in [0.15, 0.2) is 6.39 Å². The van der Waals surface area contributed by atoms with Crippen molar-refractivity contribution in [1.82, 2.24) is 19.7 Å². The van der Waals surface area contributed by atoms with Gasteiger partial charge in [-0.15, -0.1) is 0 Å². The average Bonchev–Trinajstić information content (AvgIpc) is 3.09. The van der Waals surface area contributed by atoms with Gasteiger partial charge in [0, 0.05) is 25.8 Å². The summed E-state index contributed by atoms with van der Waals surface area (Å²) in [5, 5.41) is 13.0. The molecule has 3 rings (SSSR count). The molecule has 0 bridgehead atoms. The smallest absolute Gasteiger partial charge is 0.180 e. The van der Waals surface area contributed by atoms with E-state index in [1.54, 1.807) is 12.5 Å². The molecule has 0 spiro atoms. The first-order valence-electron chi connectivity index (χ1n) is 5.89. The Balaban J connectivity index is 1.63. The van der Waals surface area contributed by atoms with E-state index in [2.05, 4.69) is 21.1 Å². The predicted molar refractivity (Wildman–Crippen MR) is 62.4 cm³/mol. The van der Waals surface area contributed by atoms with Crippen molar-refractivity contribution in [3.05, 3.63) is 36.3 Å². The summed E-state index contributed by atoms with van der Waals surface area (Å²) >= 11 is 0. The molecule has 0 saturated carbocycles. The molecule has 1 aliphatic heterocycles. The second-order valence-electron chi connectivity index (χ2n) is 4.48. The van der Waals surface area contributed by atoms with E-state index in [4.69, 9.17) is 9.68 Å². The highest BCUT2D eigenvalue weighted by atomic mass is 16.3. The lowest BCUT2D eigenvalue weighted by molar-refractivity contribution is 0.308. The van der Waals surface area contributed by atoms with Crippen LogP contribution >= 0.6 is 0 Å².